The summed E-state index contributed by atoms with van der Waals surface area (Å²) >= 11 is 2.35. The molecule has 0 bridgehead atoms. The zero-order valence-electron chi connectivity index (χ0n) is 8.38. The summed E-state index contributed by atoms with van der Waals surface area (Å²) in [7, 11) is 0. The predicted molar refractivity (Wildman–Crippen MR) is 64.3 cm³/mol. The molecule has 2 rings (SSSR count). The van der Waals surface area contributed by atoms with Gasteiger partial charge in [0.05, 0.1) is 13.2 Å². The van der Waals surface area contributed by atoms with E-state index in [0.29, 0.717) is 0 Å². The fraction of sp³-hybridized carbons (Fsp3) is 0.636. The van der Waals surface area contributed by atoms with Gasteiger partial charge >= 0.3 is 0 Å². The van der Waals surface area contributed by atoms with Gasteiger partial charge in [0.1, 0.15) is 0 Å². The third-order valence-electron chi connectivity index (χ3n) is 2.58. The Kier molecular flexibility index (Phi) is 3.62. The molecule has 3 heteroatoms. The van der Waals surface area contributed by atoms with E-state index in [1.54, 1.807) is 0 Å². The molecule has 0 aromatic carbocycles. The monoisotopic (exact) mass is 306 g/mol. The molecule has 1 fully saturated rings. The third-order valence-corrected chi connectivity index (χ3v) is 2.90. The van der Waals surface area contributed by atoms with Crippen molar-refractivity contribution in [2.45, 2.75) is 32.5 Å². The summed E-state index contributed by atoms with van der Waals surface area (Å²) in [5.41, 5.74) is 2.81. The zero-order valence-corrected chi connectivity index (χ0v) is 10.5. The van der Waals surface area contributed by atoms with Gasteiger partial charge in [-0.1, -0.05) is 0 Å². The van der Waals surface area contributed by atoms with E-state index in [0.717, 1.165) is 19.6 Å². The molecule has 1 aliphatic carbocycles. The normalized spacial score (nSPS) is 25.1. The van der Waals surface area contributed by atoms with Crippen LogP contribution in [0.5, 0.6) is 0 Å². The van der Waals surface area contributed by atoms with Gasteiger partial charge in [0.25, 0.3) is 0 Å². The highest BCUT2D eigenvalue weighted by atomic mass is 127. The summed E-state index contributed by atoms with van der Waals surface area (Å²) in [4.78, 5) is 0. The van der Waals surface area contributed by atoms with Crippen LogP contribution >= 0.6 is 22.6 Å². The van der Waals surface area contributed by atoms with Crippen LogP contribution in [0, 0.1) is 0 Å². The van der Waals surface area contributed by atoms with E-state index in [9.17, 15) is 0 Å². The Balaban J connectivity index is 2.16. The van der Waals surface area contributed by atoms with Crippen molar-refractivity contribution in [2.24, 2.45) is 0 Å². The number of hydrogen-bond acceptors (Lipinski definition) is 2. The fourth-order valence-corrected chi connectivity index (χ4v) is 2.40. The van der Waals surface area contributed by atoms with Gasteiger partial charge in [0.2, 0.25) is 0 Å². The van der Waals surface area contributed by atoms with Crippen LogP contribution < -0.4 is 0 Å². The molecule has 0 radical (unpaired) electrons. The number of halogens is 1. The van der Waals surface area contributed by atoms with E-state index >= 15 is 0 Å². The van der Waals surface area contributed by atoms with Gasteiger partial charge in [0.15, 0.2) is 6.29 Å². The Hall–Kier alpha value is 0.130. The third kappa shape index (κ3) is 2.38. The molecule has 78 valence electrons. The molecule has 2 nitrogen and oxygen atoms in total. The number of ether oxygens (including phenoxy) is 2. The SMILES string of the molecule is C/C(I)=C/C1=C(C2OCCO2)CCC1. The van der Waals surface area contributed by atoms with Crippen molar-refractivity contribution in [1.82, 2.24) is 0 Å². The highest BCUT2D eigenvalue weighted by Crippen LogP contribution is 2.33. The van der Waals surface area contributed by atoms with E-state index in [4.69, 9.17) is 9.47 Å². The molecule has 1 heterocycles. The molecule has 0 aromatic heterocycles. The van der Waals surface area contributed by atoms with E-state index in [-0.39, 0.29) is 6.29 Å². The Labute approximate surface area is 98.5 Å². The average Bonchev–Trinajstić information content (AvgIpc) is 2.70. The molecule has 0 N–H and O–H groups in total. The molecule has 0 spiro atoms. The van der Waals surface area contributed by atoms with Gasteiger partial charge in [-0.15, -0.1) is 0 Å². The van der Waals surface area contributed by atoms with Crippen molar-refractivity contribution < 1.29 is 9.47 Å². The van der Waals surface area contributed by atoms with Crippen LogP contribution in [0.15, 0.2) is 20.8 Å². The maximum Gasteiger partial charge on any atom is 0.180 e. The van der Waals surface area contributed by atoms with E-state index in [1.165, 1.54) is 27.6 Å². The first kappa shape index (κ1) is 10.6. The number of rotatable bonds is 2. The van der Waals surface area contributed by atoms with Crippen molar-refractivity contribution in [2.75, 3.05) is 13.2 Å². The lowest BCUT2D eigenvalue weighted by molar-refractivity contribution is -0.0130. The van der Waals surface area contributed by atoms with Crippen LogP contribution in [0.1, 0.15) is 26.2 Å². The van der Waals surface area contributed by atoms with Gasteiger partial charge in [-0.05, 0) is 69.6 Å². The Morgan fingerprint density at radius 3 is 2.71 bits per heavy atom. The van der Waals surface area contributed by atoms with Gasteiger partial charge in [-0.25, -0.2) is 0 Å². The molecular weight excluding hydrogens is 291 g/mol. The predicted octanol–water partition coefficient (Wildman–Crippen LogP) is 3.18. The second kappa shape index (κ2) is 4.77. The van der Waals surface area contributed by atoms with Crippen molar-refractivity contribution >= 4 is 22.6 Å². The smallest absolute Gasteiger partial charge is 0.180 e. The molecule has 1 aliphatic heterocycles. The van der Waals surface area contributed by atoms with Crippen molar-refractivity contribution in [3.8, 4) is 0 Å². The van der Waals surface area contributed by atoms with Gasteiger partial charge in [-0.2, -0.15) is 0 Å². The number of allylic oxidation sites excluding steroid dienone is 3. The van der Waals surface area contributed by atoms with Gasteiger partial charge in [0, 0.05) is 0 Å². The molecule has 0 atom stereocenters. The number of hydrogen-bond donors (Lipinski definition) is 0. The molecule has 14 heavy (non-hydrogen) atoms. The summed E-state index contributed by atoms with van der Waals surface area (Å²) in [5.74, 6) is 0. The van der Waals surface area contributed by atoms with E-state index in [2.05, 4.69) is 35.6 Å². The van der Waals surface area contributed by atoms with Crippen LogP contribution in [0.3, 0.4) is 0 Å². The molecular formula is C11H15IO2. The van der Waals surface area contributed by atoms with E-state index in [1.807, 2.05) is 0 Å². The molecule has 0 aromatic rings. The van der Waals surface area contributed by atoms with Crippen molar-refractivity contribution in [1.29, 1.82) is 0 Å². The highest BCUT2D eigenvalue weighted by molar-refractivity contribution is 14.1. The minimum atomic E-state index is -0.0421. The van der Waals surface area contributed by atoms with Crippen molar-refractivity contribution in [3.63, 3.8) is 0 Å². The highest BCUT2D eigenvalue weighted by Gasteiger charge is 2.26. The first-order valence-corrected chi connectivity index (χ1v) is 6.14. The summed E-state index contributed by atoms with van der Waals surface area (Å²) in [6, 6.07) is 0. The summed E-state index contributed by atoms with van der Waals surface area (Å²) in [6.07, 6.45) is 5.78. The Morgan fingerprint density at radius 2 is 2.07 bits per heavy atom. The Bertz CT molecular complexity index is 271. The van der Waals surface area contributed by atoms with Gasteiger partial charge in [-0.3, -0.25) is 0 Å². The minimum absolute atomic E-state index is 0.0421. The molecule has 0 unspecified atom stereocenters. The minimum Gasteiger partial charge on any atom is -0.346 e. The lowest BCUT2D eigenvalue weighted by atomic mass is 10.1. The average molecular weight is 306 g/mol. The van der Waals surface area contributed by atoms with Crippen LogP contribution in [0.4, 0.5) is 0 Å². The maximum atomic E-state index is 5.54. The van der Waals surface area contributed by atoms with Crippen LogP contribution in [-0.4, -0.2) is 19.5 Å². The fourth-order valence-electron chi connectivity index (χ4n) is 2.02. The van der Waals surface area contributed by atoms with Crippen molar-refractivity contribution in [3.05, 3.63) is 20.8 Å². The standard InChI is InChI=1S/C11H15IO2/c1-8(12)7-9-3-2-4-10(9)11-13-5-6-14-11/h7,11H,2-6H2,1H3/b8-7-. The van der Waals surface area contributed by atoms with Crippen LogP contribution in [-0.2, 0) is 9.47 Å². The molecule has 2 aliphatic rings. The second-order valence-electron chi connectivity index (χ2n) is 3.71. The molecule has 0 saturated carbocycles. The quantitative estimate of drug-likeness (QED) is 0.730. The lowest BCUT2D eigenvalue weighted by Gasteiger charge is -2.11. The lowest BCUT2D eigenvalue weighted by Crippen LogP contribution is -2.10. The van der Waals surface area contributed by atoms with Crippen LogP contribution in [0.2, 0.25) is 0 Å². The van der Waals surface area contributed by atoms with Crippen LogP contribution in [0.25, 0.3) is 0 Å². The molecule has 1 saturated heterocycles. The summed E-state index contributed by atoms with van der Waals surface area (Å²) in [6.45, 7) is 3.61. The Morgan fingerprint density at radius 1 is 1.36 bits per heavy atom. The first-order chi connectivity index (χ1) is 6.77. The van der Waals surface area contributed by atoms with Gasteiger partial charge < -0.3 is 9.47 Å². The largest absolute Gasteiger partial charge is 0.346 e. The molecule has 0 amide bonds. The summed E-state index contributed by atoms with van der Waals surface area (Å²) in [5, 5.41) is 0. The topological polar surface area (TPSA) is 18.5 Å². The zero-order chi connectivity index (χ0) is 9.97. The second-order valence-corrected chi connectivity index (χ2v) is 5.41. The maximum absolute atomic E-state index is 5.54. The van der Waals surface area contributed by atoms with E-state index < -0.39 is 0 Å². The summed E-state index contributed by atoms with van der Waals surface area (Å²) < 4.78 is 12.4. The first-order valence-electron chi connectivity index (χ1n) is 5.06.